The van der Waals surface area contributed by atoms with Crippen LogP contribution in [0.2, 0.25) is 0 Å². The molecule has 0 radical (unpaired) electrons. The lowest BCUT2D eigenvalue weighted by Crippen LogP contribution is -2.32. The second kappa shape index (κ2) is 8.58. The number of H-pyrrole nitrogens is 1. The Kier molecular flexibility index (Phi) is 6.74. The number of carbonyl (C=O) groups excluding carboxylic acids is 1. The Morgan fingerprint density at radius 1 is 1.46 bits per heavy atom. The van der Waals surface area contributed by atoms with Crippen LogP contribution in [0.3, 0.4) is 0 Å². The summed E-state index contributed by atoms with van der Waals surface area (Å²) in [5.74, 6) is 0.732. The van der Waals surface area contributed by atoms with Gasteiger partial charge in [0.2, 0.25) is 5.91 Å². The molecule has 7 heteroatoms. The van der Waals surface area contributed by atoms with E-state index in [1.54, 1.807) is 0 Å². The zero-order valence-corrected chi connectivity index (χ0v) is 16.6. The summed E-state index contributed by atoms with van der Waals surface area (Å²) in [5, 5.41) is 10.00. The molecule has 1 aromatic heterocycles. The molecule has 0 bridgehead atoms. The average molecular weight is 411 g/mol. The Balaban J connectivity index is 2.01. The summed E-state index contributed by atoms with van der Waals surface area (Å²) < 4.78 is 3.53. The van der Waals surface area contributed by atoms with Crippen LogP contribution in [-0.2, 0) is 17.8 Å². The molecule has 2 N–H and O–H groups in total. The highest BCUT2D eigenvalue weighted by Crippen LogP contribution is 2.17. The number of aromatic amines is 1. The van der Waals surface area contributed by atoms with Gasteiger partial charge in [-0.1, -0.05) is 35.0 Å². The van der Waals surface area contributed by atoms with Gasteiger partial charge in [0.05, 0.1) is 6.54 Å². The molecule has 5 nitrogen and oxygen atoms in total. The number of hydrogen-bond donors (Lipinski definition) is 2. The van der Waals surface area contributed by atoms with Crippen LogP contribution >= 0.6 is 28.1 Å². The molecule has 0 spiro atoms. The summed E-state index contributed by atoms with van der Waals surface area (Å²) in [4.78, 5) is 12.5. The molecule has 0 aliphatic heterocycles. The SMILES string of the molecule is CCC(Cc1cccc(Br)c1)C(=O)NCc1n[nH]c(=S)n1C(C)C. The van der Waals surface area contributed by atoms with Gasteiger partial charge in [-0.3, -0.25) is 9.89 Å². The number of rotatable bonds is 7. The molecule has 24 heavy (non-hydrogen) atoms. The summed E-state index contributed by atoms with van der Waals surface area (Å²) in [6.07, 6.45) is 1.51. The lowest BCUT2D eigenvalue weighted by atomic mass is 9.96. The molecule has 2 rings (SSSR count). The molecular formula is C17H23BrN4OS. The molecule has 130 valence electrons. The molecule has 0 saturated heterocycles. The van der Waals surface area contributed by atoms with Crippen LogP contribution in [0.5, 0.6) is 0 Å². The highest BCUT2D eigenvalue weighted by atomic mass is 79.9. The normalized spacial score (nSPS) is 12.4. The minimum atomic E-state index is -0.0614. The third kappa shape index (κ3) is 4.77. The molecule has 2 aromatic rings. The van der Waals surface area contributed by atoms with Gasteiger partial charge in [-0.25, -0.2) is 0 Å². The maximum Gasteiger partial charge on any atom is 0.223 e. The summed E-state index contributed by atoms with van der Waals surface area (Å²) in [7, 11) is 0. The zero-order chi connectivity index (χ0) is 17.7. The first-order valence-corrected chi connectivity index (χ1v) is 9.30. The Bertz CT molecular complexity index is 753. The number of nitrogens with one attached hydrogen (secondary N) is 2. The number of aromatic nitrogens is 3. The van der Waals surface area contributed by atoms with Crippen molar-refractivity contribution >= 4 is 34.1 Å². The molecule has 1 amide bonds. The van der Waals surface area contributed by atoms with E-state index in [2.05, 4.69) is 37.5 Å². The van der Waals surface area contributed by atoms with Crippen molar-refractivity contribution < 1.29 is 4.79 Å². The molecular weight excluding hydrogens is 388 g/mol. The van der Waals surface area contributed by atoms with Crippen LogP contribution in [0.1, 0.15) is 44.6 Å². The van der Waals surface area contributed by atoms with Gasteiger partial charge in [0.25, 0.3) is 0 Å². The van der Waals surface area contributed by atoms with E-state index in [1.165, 1.54) is 0 Å². The molecule has 0 saturated carbocycles. The predicted octanol–water partition coefficient (Wildman–Crippen LogP) is 4.17. The van der Waals surface area contributed by atoms with Crippen LogP contribution in [0.25, 0.3) is 0 Å². The van der Waals surface area contributed by atoms with Gasteiger partial charge in [0.15, 0.2) is 10.6 Å². The van der Waals surface area contributed by atoms with Crippen LogP contribution in [0.15, 0.2) is 28.7 Å². The van der Waals surface area contributed by atoms with Gasteiger partial charge < -0.3 is 9.88 Å². The monoisotopic (exact) mass is 410 g/mol. The lowest BCUT2D eigenvalue weighted by Gasteiger charge is -2.16. The van der Waals surface area contributed by atoms with E-state index in [9.17, 15) is 4.79 Å². The third-order valence-corrected chi connectivity index (χ3v) is 4.73. The van der Waals surface area contributed by atoms with E-state index in [-0.39, 0.29) is 17.9 Å². The van der Waals surface area contributed by atoms with Crippen molar-refractivity contribution in [1.82, 2.24) is 20.1 Å². The highest BCUT2D eigenvalue weighted by Gasteiger charge is 2.18. The van der Waals surface area contributed by atoms with Crippen molar-refractivity contribution in [2.45, 2.75) is 46.2 Å². The van der Waals surface area contributed by atoms with Crippen molar-refractivity contribution in [2.24, 2.45) is 5.92 Å². The van der Waals surface area contributed by atoms with Crippen LogP contribution in [0.4, 0.5) is 0 Å². The van der Waals surface area contributed by atoms with E-state index < -0.39 is 0 Å². The third-order valence-electron chi connectivity index (χ3n) is 3.95. The van der Waals surface area contributed by atoms with Crippen molar-refractivity contribution in [3.8, 4) is 0 Å². The zero-order valence-electron chi connectivity index (χ0n) is 14.2. The molecule has 0 aliphatic carbocycles. The van der Waals surface area contributed by atoms with Gasteiger partial charge in [-0.05, 0) is 56.6 Å². The average Bonchev–Trinajstić information content (AvgIpc) is 2.91. The lowest BCUT2D eigenvalue weighted by molar-refractivity contribution is -0.125. The Labute approximate surface area is 156 Å². The minimum absolute atomic E-state index is 0.0432. The topological polar surface area (TPSA) is 62.7 Å². The van der Waals surface area contributed by atoms with Gasteiger partial charge in [-0.2, -0.15) is 5.10 Å². The first-order chi connectivity index (χ1) is 11.4. The van der Waals surface area contributed by atoms with Gasteiger partial charge in [0.1, 0.15) is 0 Å². The predicted molar refractivity (Wildman–Crippen MR) is 101 cm³/mol. The second-order valence-corrected chi connectivity index (χ2v) is 7.37. The highest BCUT2D eigenvalue weighted by molar-refractivity contribution is 9.10. The number of carbonyl (C=O) groups is 1. The second-order valence-electron chi connectivity index (χ2n) is 6.07. The number of amides is 1. The molecule has 1 unspecified atom stereocenters. The number of benzene rings is 1. The van der Waals surface area contributed by atoms with Gasteiger partial charge in [-0.15, -0.1) is 0 Å². The summed E-state index contributed by atoms with van der Waals surface area (Å²) >= 11 is 8.70. The Morgan fingerprint density at radius 2 is 2.21 bits per heavy atom. The maximum atomic E-state index is 12.5. The molecule has 0 aliphatic rings. The van der Waals surface area contributed by atoms with Crippen LogP contribution in [0, 0.1) is 10.7 Å². The van der Waals surface area contributed by atoms with E-state index in [4.69, 9.17) is 12.2 Å². The largest absolute Gasteiger partial charge is 0.349 e. The van der Waals surface area contributed by atoms with Crippen LogP contribution in [-0.4, -0.2) is 20.7 Å². The van der Waals surface area contributed by atoms with Gasteiger partial charge in [0, 0.05) is 16.4 Å². The van der Waals surface area contributed by atoms with Crippen molar-refractivity contribution in [1.29, 1.82) is 0 Å². The number of nitrogens with zero attached hydrogens (tertiary/aromatic N) is 2. The minimum Gasteiger partial charge on any atom is -0.349 e. The number of halogens is 1. The van der Waals surface area contributed by atoms with Crippen LogP contribution < -0.4 is 5.32 Å². The smallest absolute Gasteiger partial charge is 0.223 e. The fourth-order valence-corrected chi connectivity index (χ4v) is 3.48. The summed E-state index contributed by atoms with van der Waals surface area (Å²) in [5.41, 5.74) is 1.15. The van der Waals surface area contributed by atoms with E-state index in [0.29, 0.717) is 11.3 Å². The van der Waals surface area contributed by atoms with E-state index >= 15 is 0 Å². The standard InChI is InChI=1S/C17H23BrN4OS/c1-4-13(8-12-6-5-7-14(18)9-12)16(23)19-10-15-20-21-17(24)22(15)11(2)3/h5-7,9,11,13H,4,8,10H2,1-3H3,(H,19,23)(H,21,24). The van der Waals surface area contributed by atoms with Crippen molar-refractivity contribution in [3.63, 3.8) is 0 Å². The Morgan fingerprint density at radius 3 is 2.83 bits per heavy atom. The maximum absolute atomic E-state index is 12.5. The summed E-state index contributed by atoms with van der Waals surface area (Å²) in [6, 6.07) is 8.28. The van der Waals surface area contributed by atoms with E-state index in [1.807, 2.05) is 43.5 Å². The van der Waals surface area contributed by atoms with E-state index in [0.717, 1.165) is 28.7 Å². The first-order valence-electron chi connectivity index (χ1n) is 8.10. The fraction of sp³-hybridized carbons (Fsp3) is 0.471. The molecule has 1 heterocycles. The van der Waals surface area contributed by atoms with Crippen molar-refractivity contribution in [3.05, 3.63) is 44.9 Å². The number of hydrogen-bond acceptors (Lipinski definition) is 3. The van der Waals surface area contributed by atoms with Crippen molar-refractivity contribution in [2.75, 3.05) is 0 Å². The summed E-state index contributed by atoms with van der Waals surface area (Å²) in [6.45, 7) is 6.49. The molecule has 1 aromatic carbocycles. The fourth-order valence-electron chi connectivity index (χ4n) is 2.68. The Hall–Kier alpha value is -1.47. The first kappa shape index (κ1) is 18.9. The quantitative estimate of drug-likeness (QED) is 0.673. The molecule has 0 fully saturated rings. The van der Waals surface area contributed by atoms with Gasteiger partial charge >= 0.3 is 0 Å². The molecule has 1 atom stereocenters.